The van der Waals surface area contributed by atoms with Crippen LogP contribution in [0, 0.1) is 0 Å². The normalized spacial score (nSPS) is 10.9. The molecule has 0 bridgehead atoms. The number of rotatable bonds is 35. The van der Waals surface area contributed by atoms with E-state index >= 15 is 0 Å². The Labute approximate surface area is 315 Å². The zero-order valence-electron chi connectivity index (χ0n) is 32.7. The van der Waals surface area contributed by atoms with Gasteiger partial charge in [-0.25, -0.2) is 0 Å². The summed E-state index contributed by atoms with van der Waals surface area (Å²) in [5.41, 5.74) is 5.13. The number of primary amides is 1. The summed E-state index contributed by atoms with van der Waals surface area (Å²) < 4.78 is 0. The van der Waals surface area contributed by atoms with Crippen LogP contribution in [0.25, 0.3) is 0 Å². The van der Waals surface area contributed by atoms with Crippen molar-refractivity contribution in [2.75, 3.05) is 0 Å². The second-order valence-electron chi connectivity index (χ2n) is 13.3. The molecule has 0 aromatic carbocycles. The molecule has 0 aromatic heterocycles. The molecule has 45 heavy (non-hydrogen) atoms. The van der Waals surface area contributed by atoms with Crippen molar-refractivity contribution in [1.82, 2.24) is 0 Å². The molecule has 5 heteroatoms. The van der Waals surface area contributed by atoms with Crippen molar-refractivity contribution in [3.05, 3.63) is 12.2 Å². The van der Waals surface area contributed by atoms with Crippen LogP contribution < -0.4 is 5.73 Å². The standard InChI is InChI=1S/C22H43NO.C18H36O2.Ca.2H/c1-2-3-4-5-6-7-8-9-10-11-12-13-14-15-16-17-18-19-20-21-22(23)24;1-2-3-4-5-6-7-8-9-10-11-12-13-14-15-16-17-18(19)20;;;/h9-10H,2-8,11-21H2,1H3,(H2,23,24);2-17H2,1H3,(H,19,20);;;/q;;+2;2*-1. The number of amides is 1. The van der Waals surface area contributed by atoms with Crippen LogP contribution in [0.3, 0.4) is 0 Å². The summed E-state index contributed by atoms with van der Waals surface area (Å²) in [6.45, 7) is 4.55. The first kappa shape index (κ1) is 49.3. The molecule has 0 rings (SSSR count). The summed E-state index contributed by atoms with van der Waals surface area (Å²) in [6.07, 6.45) is 48.0. The van der Waals surface area contributed by atoms with Gasteiger partial charge in [0.05, 0.1) is 0 Å². The summed E-state index contributed by atoms with van der Waals surface area (Å²) in [7, 11) is 0. The van der Waals surface area contributed by atoms with Gasteiger partial charge in [-0.2, -0.15) is 0 Å². The van der Waals surface area contributed by atoms with E-state index in [-0.39, 0.29) is 46.5 Å². The molecule has 1 amide bonds. The van der Waals surface area contributed by atoms with Crippen molar-refractivity contribution < 1.29 is 17.5 Å². The number of carbonyl (C=O) groups is 2. The number of carboxylic acids is 1. The molecule has 0 fully saturated rings. The van der Waals surface area contributed by atoms with Gasteiger partial charge in [0, 0.05) is 12.8 Å². The Morgan fingerprint density at radius 3 is 0.956 bits per heavy atom. The van der Waals surface area contributed by atoms with Crippen molar-refractivity contribution in [3.8, 4) is 0 Å². The second kappa shape index (κ2) is 46.1. The Balaban J connectivity index is -0.000000239. The van der Waals surface area contributed by atoms with Gasteiger partial charge in [0.15, 0.2) is 0 Å². The minimum absolute atomic E-state index is 0. The topological polar surface area (TPSA) is 80.4 Å². The van der Waals surface area contributed by atoms with Gasteiger partial charge in [-0.1, -0.05) is 193 Å². The number of carboxylic acid groups (broad SMARTS) is 1. The van der Waals surface area contributed by atoms with Crippen LogP contribution in [0.4, 0.5) is 0 Å². The number of nitrogens with two attached hydrogens (primary N) is 1. The second-order valence-corrected chi connectivity index (χ2v) is 13.3. The van der Waals surface area contributed by atoms with Gasteiger partial charge in [-0.3, -0.25) is 9.59 Å². The van der Waals surface area contributed by atoms with Crippen LogP contribution in [-0.2, 0) is 9.59 Å². The van der Waals surface area contributed by atoms with Gasteiger partial charge in [0.1, 0.15) is 0 Å². The maximum Gasteiger partial charge on any atom is 2.00 e. The minimum atomic E-state index is -0.653. The molecule has 0 saturated heterocycles. The van der Waals surface area contributed by atoms with Gasteiger partial charge in [0.25, 0.3) is 0 Å². The SMILES string of the molecule is CCCCCCCCC=CCCCCCCCCCCCC(N)=O.CCCCCCCCCCCCCCCCCC(=O)O.[Ca+2].[H-].[H-]. The molecule has 0 saturated carbocycles. The van der Waals surface area contributed by atoms with Gasteiger partial charge in [-0.05, 0) is 38.5 Å². The molecular weight excluding hydrogens is 583 g/mol. The van der Waals surface area contributed by atoms with E-state index < -0.39 is 5.97 Å². The van der Waals surface area contributed by atoms with Crippen molar-refractivity contribution in [2.24, 2.45) is 5.73 Å². The number of allylic oxidation sites excluding steroid dienone is 2. The average molecular weight is 664 g/mol. The zero-order valence-corrected chi connectivity index (χ0v) is 33.0. The predicted octanol–water partition coefficient (Wildman–Crippen LogP) is 13.2. The molecular formula is C40H81CaNO3. The molecule has 0 aliphatic carbocycles. The molecule has 0 heterocycles. The van der Waals surface area contributed by atoms with Crippen molar-refractivity contribution >= 4 is 49.6 Å². The van der Waals surface area contributed by atoms with Crippen LogP contribution in [0.1, 0.15) is 235 Å². The van der Waals surface area contributed by atoms with Gasteiger partial charge >= 0.3 is 43.7 Å². The third kappa shape index (κ3) is 53.7. The first-order valence-corrected chi connectivity index (χ1v) is 19.7. The van der Waals surface area contributed by atoms with Gasteiger partial charge < -0.3 is 13.7 Å². The Bertz CT molecular complexity index is 608. The molecule has 0 aliphatic heterocycles. The van der Waals surface area contributed by atoms with E-state index in [0.29, 0.717) is 12.8 Å². The summed E-state index contributed by atoms with van der Waals surface area (Å²) >= 11 is 0. The molecule has 0 aromatic rings. The largest absolute Gasteiger partial charge is 2.00 e. The number of hydrogen-bond acceptors (Lipinski definition) is 2. The van der Waals surface area contributed by atoms with E-state index in [2.05, 4.69) is 26.0 Å². The summed E-state index contributed by atoms with van der Waals surface area (Å²) in [5, 5.41) is 8.52. The minimum Gasteiger partial charge on any atom is -1.00 e. The Hall–Kier alpha value is -0.0603. The summed E-state index contributed by atoms with van der Waals surface area (Å²) in [4.78, 5) is 20.9. The van der Waals surface area contributed by atoms with E-state index in [1.54, 1.807) is 0 Å². The first-order chi connectivity index (χ1) is 21.5. The Kier molecular flexibility index (Phi) is 50.5. The van der Waals surface area contributed by atoms with Crippen molar-refractivity contribution in [2.45, 2.75) is 232 Å². The monoisotopic (exact) mass is 664 g/mol. The van der Waals surface area contributed by atoms with E-state index in [4.69, 9.17) is 10.8 Å². The average Bonchev–Trinajstić information content (AvgIpc) is 3.00. The molecule has 0 atom stereocenters. The van der Waals surface area contributed by atoms with Crippen molar-refractivity contribution in [1.29, 1.82) is 0 Å². The number of carbonyl (C=O) groups excluding carboxylic acids is 1. The molecule has 4 nitrogen and oxygen atoms in total. The third-order valence-electron chi connectivity index (χ3n) is 8.68. The molecule has 266 valence electrons. The van der Waals surface area contributed by atoms with E-state index in [1.165, 1.54) is 180 Å². The van der Waals surface area contributed by atoms with Crippen LogP contribution in [-0.4, -0.2) is 54.7 Å². The van der Waals surface area contributed by atoms with E-state index in [1.807, 2.05) is 0 Å². The predicted molar refractivity (Wildman–Crippen MR) is 202 cm³/mol. The van der Waals surface area contributed by atoms with E-state index in [0.717, 1.165) is 25.7 Å². The molecule has 0 aliphatic rings. The van der Waals surface area contributed by atoms with Crippen LogP contribution in [0.15, 0.2) is 12.2 Å². The fourth-order valence-electron chi connectivity index (χ4n) is 5.72. The fourth-order valence-corrected chi connectivity index (χ4v) is 5.72. The maximum absolute atomic E-state index is 10.6. The molecule has 0 radical (unpaired) electrons. The Morgan fingerprint density at radius 2 is 0.689 bits per heavy atom. The number of hydrogen-bond donors (Lipinski definition) is 2. The zero-order chi connectivity index (χ0) is 32.6. The Morgan fingerprint density at radius 1 is 0.444 bits per heavy atom. The molecule has 3 N–H and O–H groups in total. The quantitative estimate of drug-likeness (QED) is 0.0402. The van der Waals surface area contributed by atoms with Crippen LogP contribution in [0.5, 0.6) is 0 Å². The van der Waals surface area contributed by atoms with Gasteiger partial charge in [-0.15, -0.1) is 0 Å². The van der Waals surface area contributed by atoms with Gasteiger partial charge in [0.2, 0.25) is 5.91 Å². The van der Waals surface area contributed by atoms with Crippen LogP contribution >= 0.6 is 0 Å². The van der Waals surface area contributed by atoms with Crippen LogP contribution in [0.2, 0.25) is 0 Å². The first-order valence-electron chi connectivity index (χ1n) is 19.7. The summed E-state index contributed by atoms with van der Waals surface area (Å²) in [5.74, 6) is -0.810. The number of aliphatic carboxylic acids is 1. The third-order valence-corrected chi connectivity index (χ3v) is 8.68. The smallest absolute Gasteiger partial charge is 1.00 e. The molecule has 0 spiro atoms. The fraction of sp³-hybridized carbons (Fsp3) is 0.900. The summed E-state index contributed by atoms with van der Waals surface area (Å²) in [6, 6.07) is 0. The maximum atomic E-state index is 10.6. The van der Waals surface area contributed by atoms with E-state index in [9.17, 15) is 9.59 Å². The molecule has 0 unspecified atom stereocenters. The number of unbranched alkanes of at least 4 members (excludes halogenated alkanes) is 29. The van der Waals surface area contributed by atoms with Crippen molar-refractivity contribution in [3.63, 3.8) is 0 Å².